The summed E-state index contributed by atoms with van der Waals surface area (Å²) in [4.78, 5) is 12.5. The van der Waals surface area contributed by atoms with Crippen LogP contribution in [0.3, 0.4) is 0 Å². The molecule has 0 aromatic rings. The fraction of sp³-hybridized carbons (Fsp3) is 0.960. The molecule has 170 valence electrons. The number of Topliss-reactive ketones (excluding diaryl/α,β-unsaturated/α-hetero) is 1. The van der Waals surface area contributed by atoms with Crippen molar-refractivity contribution in [3.63, 3.8) is 0 Å². The van der Waals surface area contributed by atoms with Crippen molar-refractivity contribution >= 4 is 14.1 Å². The number of ether oxygens (including phenoxy) is 1. The molecule has 0 amide bonds. The lowest BCUT2D eigenvalue weighted by Gasteiger charge is -2.49. The summed E-state index contributed by atoms with van der Waals surface area (Å²) in [6.45, 7) is 19.7. The second kappa shape index (κ2) is 9.95. The van der Waals surface area contributed by atoms with Crippen LogP contribution in [0.4, 0.5) is 0 Å². The summed E-state index contributed by atoms with van der Waals surface area (Å²) in [5.41, 5.74) is 1.70. The van der Waals surface area contributed by atoms with Gasteiger partial charge in [-0.25, -0.2) is 0 Å². The van der Waals surface area contributed by atoms with Crippen molar-refractivity contribution in [2.45, 2.75) is 116 Å². The van der Waals surface area contributed by atoms with Crippen LogP contribution < -0.4 is 0 Å². The van der Waals surface area contributed by atoms with Crippen molar-refractivity contribution in [3.8, 4) is 0 Å². The number of methoxy groups -OCH3 is 1. The van der Waals surface area contributed by atoms with Gasteiger partial charge in [-0.2, -0.15) is 0 Å². The van der Waals surface area contributed by atoms with Gasteiger partial charge < -0.3 is 9.16 Å². The number of carbonyl (C=O) groups is 1. The Hall–Kier alpha value is -0.193. The SMILES string of the molecule is CC[C@H]1CC(CO[Si](C(C)C)(C(C)C)C(C)C)C[C@@H]2[C@H]1CC(=O)CCC2(C)OC. The first-order chi connectivity index (χ1) is 13.5. The van der Waals surface area contributed by atoms with Gasteiger partial charge in [0.2, 0.25) is 0 Å². The number of rotatable bonds is 8. The van der Waals surface area contributed by atoms with E-state index in [0.29, 0.717) is 52.5 Å². The molecule has 0 aromatic heterocycles. The summed E-state index contributed by atoms with van der Waals surface area (Å²) < 4.78 is 13.1. The van der Waals surface area contributed by atoms with Crippen LogP contribution in [-0.4, -0.2) is 33.4 Å². The van der Waals surface area contributed by atoms with Crippen LogP contribution >= 0.6 is 0 Å². The Morgan fingerprint density at radius 2 is 1.66 bits per heavy atom. The Labute approximate surface area is 181 Å². The van der Waals surface area contributed by atoms with E-state index in [-0.39, 0.29) is 5.60 Å². The van der Waals surface area contributed by atoms with E-state index in [1.165, 1.54) is 6.42 Å². The summed E-state index contributed by atoms with van der Waals surface area (Å²) in [7, 11) is 0.0118. The van der Waals surface area contributed by atoms with Gasteiger partial charge in [0, 0.05) is 26.6 Å². The van der Waals surface area contributed by atoms with Gasteiger partial charge in [-0.05, 0) is 66.5 Å². The minimum atomic E-state index is -1.84. The molecule has 3 nitrogen and oxygen atoms in total. The number of carbonyl (C=O) groups excluding carboxylic acids is 1. The maximum absolute atomic E-state index is 12.5. The molecule has 2 aliphatic carbocycles. The van der Waals surface area contributed by atoms with Crippen molar-refractivity contribution in [2.24, 2.45) is 23.7 Å². The van der Waals surface area contributed by atoms with E-state index in [0.717, 1.165) is 32.3 Å². The fourth-order valence-electron chi connectivity index (χ4n) is 7.13. The highest BCUT2D eigenvalue weighted by atomic mass is 28.4. The molecule has 0 N–H and O–H groups in total. The summed E-state index contributed by atoms with van der Waals surface area (Å²) in [5, 5.41) is 0. The Morgan fingerprint density at radius 3 is 2.14 bits per heavy atom. The highest BCUT2D eigenvalue weighted by Crippen LogP contribution is 2.51. The zero-order valence-corrected chi connectivity index (χ0v) is 21.7. The average Bonchev–Trinajstić information content (AvgIpc) is 2.78. The van der Waals surface area contributed by atoms with Crippen LogP contribution in [0, 0.1) is 23.7 Å². The maximum atomic E-state index is 12.5. The van der Waals surface area contributed by atoms with Gasteiger partial charge in [-0.3, -0.25) is 4.79 Å². The molecule has 0 spiro atoms. The predicted molar refractivity (Wildman–Crippen MR) is 125 cm³/mol. The van der Waals surface area contributed by atoms with E-state index in [1.807, 2.05) is 7.11 Å². The predicted octanol–water partition coefficient (Wildman–Crippen LogP) is 7.01. The van der Waals surface area contributed by atoms with E-state index in [1.54, 1.807) is 0 Å². The third-order valence-electron chi connectivity index (χ3n) is 8.76. The van der Waals surface area contributed by atoms with Crippen LogP contribution in [0.25, 0.3) is 0 Å². The molecule has 5 atom stereocenters. The second-order valence-electron chi connectivity index (χ2n) is 11.2. The number of fused-ring (bicyclic) bond motifs is 1. The molecule has 0 heterocycles. The summed E-state index contributed by atoms with van der Waals surface area (Å²) >= 11 is 0. The van der Waals surface area contributed by atoms with Gasteiger partial charge in [-0.15, -0.1) is 0 Å². The van der Waals surface area contributed by atoms with Crippen molar-refractivity contribution in [1.29, 1.82) is 0 Å². The largest absolute Gasteiger partial charge is 0.416 e. The van der Waals surface area contributed by atoms with Crippen molar-refractivity contribution in [3.05, 3.63) is 0 Å². The minimum Gasteiger partial charge on any atom is -0.416 e. The van der Waals surface area contributed by atoms with Gasteiger partial charge in [0.25, 0.3) is 0 Å². The lowest BCUT2D eigenvalue weighted by atomic mass is 9.61. The van der Waals surface area contributed by atoms with Crippen LogP contribution in [0.1, 0.15) is 93.9 Å². The molecule has 0 aromatic carbocycles. The molecule has 29 heavy (non-hydrogen) atoms. The molecular weight excluding hydrogens is 376 g/mol. The summed E-state index contributed by atoms with van der Waals surface area (Å²) in [5.74, 6) is 2.61. The molecule has 2 fully saturated rings. The molecule has 0 radical (unpaired) electrons. The smallest absolute Gasteiger partial charge is 0.200 e. The quantitative estimate of drug-likeness (QED) is 0.393. The van der Waals surface area contributed by atoms with E-state index in [2.05, 4.69) is 55.4 Å². The third kappa shape index (κ3) is 5.01. The molecule has 4 heteroatoms. The summed E-state index contributed by atoms with van der Waals surface area (Å²) in [6.07, 6.45) is 5.83. The molecule has 0 saturated heterocycles. The molecule has 2 aliphatic rings. The Morgan fingerprint density at radius 1 is 1.07 bits per heavy atom. The second-order valence-corrected chi connectivity index (χ2v) is 16.6. The first kappa shape index (κ1) is 25.1. The monoisotopic (exact) mass is 424 g/mol. The Balaban J connectivity index is 2.24. The van der Waals surface area contributed by atoms with Gasteiger partial charge in [0.15, 0.2) is 8.32 Å². The minimum absolute atomic E-state index is 0.175. The van der Waals surface area contributed by atoms with Gasteiger partial charge in [0.05, 0.1) is 5.60 Å². The lowest BCUT2D eigenvalue weighted by Crippen LogP contribution is -2.50. The topological polar surface area (TPSA) is 35.5 Å². The van der Waals surface area contributed by atoms with Gasteiger partial charge >= 0.3 is 0 Å². The van der Waals surface area contributed by atoms with E-state index in [9.17, 15) is 4.79 Å². The van der Waals surface area contributed by atoms with E-state index in [4.69, 9.17) is 9.16 Å². The highest BCUT2D eigenvalue weighted by Gasteiger charge is 2.50. The normalized spacial score (nSPS) is 34.0. The number of hydrogen-bond acceptors (Lipinski definition) is 3. The van der Waals surface area contributed by atoms with Crippen LogP contribution in [0.5, 0.6) is 0 Å². The first-order valence-corrected chi connectivity index (χ1v) is 14.4. The van der Waals surface area contributed by atoms with E-state index < -0.39 is 8.32 Å². The number of ketones is 1. The fourth-order valence-corrected chi connectivity index (χ4v) is 12.7. The number of hydrogen-bond donors (Lipinski definition) is 0. The molecule has 2 saturated carbocycles. The van der Waals surface area contributed by atoms with E-state index >= 15 is 0 Å². The van der Waals surface area contributed by atoms with Crippen LogP contribution in [-0.2, 0) is 14.0 Å². The van der Waals surface area contributed by atoms with Gasteiger partial charge in [-0.1, -0.05) is 54.9 Å². The summed E-state index contributed by atoms with van der Waals surface area (Å²) in [6, 6.07) is 0. The molecule has 0 bridgehead atoms. The highest BCUT2D eigenvalue weighted by molar-refractivity contribution is 6.77. The van der Waals surface area contributed by atoms with Crippen molar-refractivity contribution in [1.82, 2.24) is 0 Å². The van der Waals surface area contributed by atoms with Crippen LogP contribution in [0.15, 0.2) is 0 Å². The van der Waals surface area contributed by atoms with Crippen molar-refractivity contribution < 1.29 is 14.0 Å². The zero-order valence-electron chi connectivity index (χ0n) is 20.7. The first-order valence-electron chi connectivity index (χ1n) is 12.2. The molecule has 2 rings (SSSR count). The third-order valence-corrected chi connectivity index (χ3v) is 14.8. The molecule has 0 aliphatic heterocycles. The average molecular weight is 425 g/mol. The van der Waals surface area contributed by atoms with Crippen LogP contribution in [0.2, 0.25) is 16.6 Å². The Kier molecular flexibility index (Phi) is 8.60. The molecular formula is C25H48O3Si. The van der Waals surface area contributed by atoms with Crippen molar-refractivity contribution in [2.75, 3.05) is 13.7 Å². The van der Waals surface area contributed by atoms with Gasteiger partial charge in [0.1, 0.15) is 5.78 Å². The standard InChI is InChI=1S/C25H48O3Si/c1-10-21-13-20(16-28-29(17(2)3,18(4)5)19(6)7)14-24-23(21)15-22(26)11-12-25(24,8)27-9/h17-21,23-24H,10-16H2,1-9H3/t20?,21-,23-,24+,25?/m0/s1. The Bertz CT molecular complexity index is 522. The lowest BCUT2D eigenvalue weighted by molar-refractivity contribution is -0.120. The molecule has 2 unspecified atom stereocenters. The zero-order chi connectivity index (χ0) is 22.0. The maximum Gasteiger partial charge on any atom is 0.200 e.